The monoisotopic (exact) mass is 239 g/mol. The normalized spacial score (nSPS) is 23.2. The van der Waals surface area contributed by atoms with Crippen LogP contribution in [0.4, 0.5) is 13.2 Å². The third-order valence-corrected chi connectivity index (χ3v) is 2.91. The third kappa shape index (κ3) is 5.14. The molecule has 16 heavy (non-hydrogen) atoms. The Labute approximate surface area is 94.6 Å². The van der Waals surface area contributed by atoms with E-state index in [4.69, 9.17) is 0 Å². The highest BCUT2D eigenvalue weighted by Gasteiger charge is 2.27. The highest BCUT2D eigenvalue weighted by atomic mass is 19.4. The number of hydrogen-bond acceptors (Lipinski definition) is 3. The Balaban J connectivity index is 2.07. The number of likely N-dealkylation sites (N-methyl/N-ethyl adjacent to an activating group) is 1. The van der Waals surface area contributed by atoms with E-state index in [1.54, 1.807) is 0 Å². The molecule has 1 unspecified atom stereocenters. The minimum absolute atomic E-state index is 0.402. The molecule has 1 aliphatic heterocycles. The van der Waals surface area contributed by atoms with Gasteiger partial charge in [-0.05, 0) is 27.1 Å². The van der Waals surface area contributed by atoms with Crippen LogP contribution in [0.15, 0.2) is 0 Å². The lowest BCUT2D eigenvalue weighted by atomic mass is 10.2. The van der Waals surface area contributed by atoms with Gasteiger partial charge >= 0.3 is 6.18 Å². The largest absolute Gasteiger partial charge is 0.401 e. The Bertz CT molecular complexity index is 206. The first-order valence-corrected chi connectivity index (χ1v) is 5.55. The van der Waals surface area contributed by atoms with E-state index in [1.807, 2.05) is 14.1 Å². The Hall–Kier alpha value is -0.330. The molecule has 0 aromatic carbocycles. The van der Waals surface area contributed by atoms with E-state index in [9.17, 15) is 13.2 Å². The average Bonchev–Trinajstić information content (AvgIpc) is 2.59. The van der Waals surface area contributed by atoms with Gasteiger partial charge in [-0.2, -0.15) is 13.2 Å². The Morgan fingerprint density at radius 1 is 1.38 bits per heavy atom. The van der Waals surface area contributed by atoms with Gasteiger partial charge in [0.05, 0.1) is 6.54 Å². The van der Waals surface area contributed by atoms with Gasteiger partial charge in [0.15, 0.2) is 0 Å². The number of nitrogens with one attached hydrogen (secondary N) is 1. The van der Waals surface area contributed by atoms with Crippen molar-refractivity contribution in [2.24, 2.45) is 0 Å². The summed E-state index contributed by atoms with van der Waals surface area (Å²) in [6.45, 7) is 2.15. The molecular formula is C10H20F3N3. The first-order chi connectivity index (χ1) is 7.38. The zero-order valence-electron chi connectivity index (χ0n) is 9.85. The minimum Gasteiger partial charge on any atom is -0.307 e. The quantitative estimate of drug-likeness (QED) is 0.715. The van der Waals surface area contributed by atoms with E-state index >= 15 is 0 Å². The van der Waals surface area contributed by atoms with Crippen molar-refractivity contribution in [1.29, 1.82) is 0 Å². The zero-order chi connectivity index (χ0) is 12.2. The van der Waals surface area contributed by atoms with Crippen molar-refractivity contribution in [2.75, 3.05) is 46.8 Å². The fraction of sp³-hybridized carbons (Fsp3) is 1.00. The number of rotatable bonds is 5. The van der Waals surface area contributed by atoms with Crippen molar-refractivity contribution in [3.05, 3.63) is 0 Å². The van der Waals surface area contributed by atoms with Crippen LogP contribution in [0.1, 0.15) is 6.42 Å². The van der Waals surface area contributed by atoms with E-state index in [1.165, 1.54) is 0 Å². The molecule has 0 aromatic heterocycles. The van der Waals surface area contributed by atoms with Gasteiger partial charge in [0.2, 0.25) is 0 Å². The van der Waals surface area contributed by atoms with Gasteiger partial charge in [0.25, 0.3) is 0 Å². The smallest absolute Gasteiger partial charge is 0.307 e. The molecule has 0 saturated carbocycles. The molecule has 1 saturated heterocycles. The molecule has 0 amide bonds. The summed E-state index contributed by atoms with van der Waals surface area (Å²) in [5.41, 5.74) is 0. The van der Waals surface area contributed by atoms with Gasteiger partial charge in [-0.25, -0.2) is 0 Å². The molecule has 1 N–H and O–H groups in total. The maximum absolute atomic E-state index is 11.8. The topological polar surface area (TPSA) is 18.5 Å². The highest BCUT2D eigenvalue weighted by Crippen LogP contribution is 2.13. The molecule has 0 aliphatic carbocycles. The first kappa shape index (κ1) is 13.7. The summed E-state index contributed by atoms with van der Waals surface area (Å²) in [6.07, 6.45) is -3.00. The van der Waals surface area contributed by atoms with Crippen molar-refractivity contribution in [1.82, 2.24) is 15.1 Å². The van der Waals surface area contributed by atoms with Gasteiger partial charge in [0, 0.05) is 25.7 Å². The molecule has 0 spiro atoms. The van der Waals surface area contributed by atoms with Crippen LogP contribution in [0, 0.1) is 0 Å². The summed E-state index contributed by atoms with van der Waals surface area (Å²) in [7, 11) is 4.08. The second-order valence-electron chi connectivity index (χ2n) is 4.50. The van der Waals surface area contributed by atoms with Crippen LogP contribution >= 0.6 is 0 Å². The van der Waals surface area contributed by atoms with Gasteiger partial charge in [-0.3, -0.25) is 0 Å². The predicted molar refractivity (Wildman–Crippen MR) is 57.5 cm³/mol. The SMILES string of the molecule is CN(C)C1CCN(CCNCC(F)(F)F)C1. The van der Waals surface area contributed by atoms with Gasteiger partial charge in [-0.15, -0.1) is 0 Å². The average molecular weight is 239 g/mol. The summed E-state index contributed by atoms with van der Waals surface area (Å²) in [5.74, 6) is 0. The van der Waals surface area contributed by atoms with Crippen LogP contribution in [0.3, 0.4) is 0 Å². The number of nitrogens with zero attached hydrogens (tertiary/aromatic N) is 2. The fourth-order valence-electron chi connectivity index (χ4n) is 1.90. The second-order valence-corrected chi connectivity index (χ2v) is 4.50. The van der Waals surface area contributed by atoms with Crippen LogP contribution in [0.25, 0.3) is 0 Å². The first-order valence-electron chi connectivity index (χ1n) is 5.55. The summed E-state index contributed by atoms with van der Waals surface area (Å²) >= 11 is 0. The van der Waals surface area contributed by atoms with Gasteiger partial charge in [-0.1, -0.05) is 0 Å². The van der Waals surface area contributed by atoms with Crippen molar-refractivity contribution in [3.8, 4) is 0 Å². The fourth-order valence-corrected chi connectivity index (χ4v) is 1.90. The Morgan fingerprint density at radius 2 is 2.06 bits per heavy atom. The molecule has 1 aliphatic rings. The predicted octanol–water partition coefficient (Wildman–Crippen LogP) is 0.774. The minimum atomic E-state index is -4.10. The van der Waals surface area contributed by atoms with E-state index in [-0.39, 0.29) is 0 Å². The van der Waals surface area contributed by atoms with Gasteiger partial charge < -0.3 is 15.1 Å². The molecule has 0 bridgehead atoms. The summed E-state index contributed by atoms with van der Waals surface area (Å²) < 4.78 is 35.5. The molecular weight excluding hydrogens is 219 g/mol. The third-order valence-electron chi connectivity index (χ3n) is 2.91. The number of halogens is 3. The van der Waals surface area contributed by atoms with E-state index in [0.29, 0.717) is 19.1 Å². The highest BCUT2D eigenvalue weighted by molar-refractivity contribution is 4.80. The maximum atomic E-state index is 11.8. The summed E-state index contributed by atoms with van der Waals surface area (Å²) in [5, 5.41) is 2.42. The summed E-state index contributed by atoms with van der Waals surface area (Å²) in [4.78, 5) is 4.37. The van der Waals surface area contributed by atoms with Crippen LogP contribution in [-0.2, 0) is 0 Å². The van der Waals surface area contributed by atoms with Crippen molar-refractivity contribution in [2.45, 2.75) is 18.6 Å². The van der Waals surface area contributed by atoms with Gasteiger partial charge in [0.1, 0.15) is 0 Å². The molecule has 3 nitrogen and oxygen atoms in total. The maximum Gasteiger partial charge on any atom is 0.401 e. The molecule has 1 heterocycles. The molecule has 96 valence electrons. The lowest BCUT2D eigenvalue weighted by molar-refractivity contribution is -0.124. The lowest BCUT2D eigenvalue weighted by Crippen LogP contribution is -2.37. The molecule has 0 radical (unpaired) electrons. The second kappa shape index (κ2) is 5.84. The molecule has 1 rings (SSSR count). The lowest BCUT2D eigenvalue weighted by Gasteiger charge is -2.20. The molecule has 1 fully saturated rings. The molecule has 6 heteroatoms. The molecule has 1 atom stereocenters. The number of likely N-dealkylation sites (tertiary alicyclic amines) is 1. The standard InChI is InChI=1S/C10H20F3N3/c1-15(2)9-3-5-16(7-9)6-4-14-8-10(11,12)13/h9,14H,3-8H2,1-2H3. The van der Waals surface area contributed by atoms with E-state index in [0.717, 1.165) is 19.5 Å². The van der Waals surface area contributed by atoms with E-state index in [2.05, 4.69) is 15.1 Å². The Kier molecular flexibility index (Phi) is 5.01. The Morgan fingerprint density at radius 3 is 2.56 bits per heavy atom. The van der Waals surface area contributed by atoms with Crippen LogP contribution in [-0.4, -0.2) is 68.8 Å². The van der Waals surface area contributed by atoms with Crippen molar-refractivity contribution >= 4 is 0 Å². The van der Waals surface area contributed by atoms with Crippen LogP contribution < -0.4 is 5.32 Å². The van der Waals surface area contributed by atoms with Crippen LogP contribution in [0.2, 0.25) is 0 Å². The molecule has 0 aromatic rings. The zero-order valence-corrected chi connectivity index (χ0v) is 9.85. The number of hydrogen-bond donors (Lipinski definition) is 1. The van der Waals surface area contributed by atoms with E-state index < -0.39 is 12.7 Å². The number of alkyl halides is 3. The van der Waals surface area contributed by atoms with Crippen LogP contribution in [0.5, 0.6) is 0 Å². The van der Waals surface area contributed by atoms with Crippen molar-refractivity contribution < 1.29 is 13.2 Å². The summed E-state index contributed by atoms with van der Waals surface area (Å²) in [6, 6.07) is 0.544. The van der Waals surface area contributed by atoms with Crippen molar-refractivity contribution in [3.63, 3.8) is 0 Å².